The van der Waals surface area contributed by atoms with Gasteiger partial charge in [-0.15, -0.1) is 0 Å². The average molecular weight is 281 g/mol. The van der Waals surface area contributed by atoms with Crippen LogP contribution >= 0.6 is 0 Å². The van der Waals surface area contributed by atoms with E-state index >= 15 is 0 Å². The number of hydrogen-bond acceptors (Lipinski definition) is 5. The van der Waals surface area contributed by atoms with Crippen molar-refractivity contribution in [2.45, 2.75) is 26.3 Å². The SMILES string of the molecule is Cc1cc(CNCC(=O)N2CCC(C(=O)O)CC2)no1. The van der Waals surface area contributed by atoms with E-state index < -0.39 is 5.97 Å². The lowest BCUT2D eigenvalue weighted by atomic mass is 9.97. The Labute approximate surface area is 116 Å². The van der Waals surface area contributed by atoms with E-state index in [2.05, 4.69) is 10.5 Å². The van der Waals surface area contributed by atoms with Crippen LogP contribution < -0.4 is 5.32 Å². The molecule has 1 saturated heterocycles. The number of aryl methyl sites for hydroxylation is 1. The number of rotatable bonds is 5. The molecule has 0 spiro atoms. The summed E-state index contributed by atoms with van der Waals surface area (Å²) < 4.78 is 4.93. The van der Waals surface area contributed by atoms with Crippen molar-refractivity contribution in [3.8, 4) is 0 Å². The van der Waals surface area contributed by atoms with Crippen molar-refractivity contribution in [1.82, 2.24) is 15.4 Å². The number of nitrogens with one attached hydrogen (secondary N) is 1. The molecule has 0 radical (unpaired) electrons. The van der Waals surface area contributed by atoms with E-state index in [4.69, 9.17) is 9.63 Å². The van der Waals surface area contributed by atoms with Crippen LogP contribution in [0, 0.1) is 12.8 Å². The van der Waals surface area contributed by atoms with Crippen LogP contribution in [0.15, 0.2) is 10.6 Å². The minimum absolute atomic E-state index is 0.00550. The molecule has 0 atom stereocenters. The molecule has 0 saturated carbocycles. The molecule has 0 aromatic carbocycles. The number of amides is 1. The zero-order valence-corrected chi connectivity index (χ0v) is 11.5. The minimum atomic E-state index is -0.767. The molecule has 1 aromatic rings. The van der Waals surface area contributed by atoms with E-state index in [1.54, 1.807) is 4.90 Å². The van der Waals surface area contributed by atoms with Crippen molar-refractivity contribution in [2.24, 2.45) is 5.92 Å². The molecular formula is C13H19N3O4. The fourth-order valence-corrected chi connectivity index (χ4v) is 2.29. The van der Waals surface area contributed by atoms with E-state index in [1.165, 1.54) is 0 Å². The predicted octanol–water partition coefficient (Wildman–Crippen LogP) is 0.396. The summed E-state index contributed by atoms with van der Waals surface area (Å²) in [6, 6.07) is 1.82. The highest BCUT2D eigenvalue weighted by Gasteiger charge is 2.26. The van der Waals surface area contributed by atoms with Gasteiger partial charge in [0.1, 0.15) is 5.76 Å². The lowest BCUT2D eigenvalue weighted by molar-refractivity contribution is -0.145. The minimum Gasteiger partial charge on any atom is -0.481 e. The Hall–Kier alpha value is -1.89. The third-order valence-electron chi connectivity index (χ3n) is 3.46. The molecule has 1 aliphatic rings. The topological polar surface area (TPSA) is 95.7 Å². The van der Waals surface area contributed by atoms with E-state index in [9.17, 15) is 9.59 Å². The molecule has 0 bridgehead atoms. The second-order valence-electron chi connectivity index (χ2n) is 5.03. The van der Waals surface area contributed by atoms with Gasteiger partial charge in [-0.3, -0.25) is 9.59 Å². The number of likely N-dealkylation sites (tertiary alicyclic amines) is 1. The third kappa shape index (κ3) is 3.80. The molecule has 1 aromatic heterocycles. The summed E-state index contributed by atoms with van der Waals surface area (Å²) in [7, 11) is 0. The highest BCUT2D eigenvalue weighted by molar-refractivity contribution is 5.78. The first-order chi connectivity index (χ1) is 9.56. The molecule has 7 nitrogen and oxygen atoms in total. The number of carboxylic acid groups (broad SMARTS) is 1. The molecule has 110 valence electrons. The second kappa shape index (κ2) is 6.51. The fraction of sp³-hybridized carbons (Fsp3) is 0.615. The first kappa shape index (κ1) is 14.5. The Morgan fingerprint density at radius 2 is 2.20 bits per heavy atom. The number of hydrogen-bond donors (Lipinski definition) is 2. The largest absolute Gasteiger partial charge is 0.481 e. The molecule has 2 rings (SSSR count). The molecule has 2 N–H and O–H groups in total. The van der Waals surface area contributed by atoms with Gasteiger partial charge in [0.05, 0.1) is 18.2 Å². The summed E-state index contributed by atoms with van der Waals surface area (Å²) in [5.41, 5.74) is 0.764. The maximum Gasteiger partial charge on any atom is 0.306 e. The van der Waals surface area contributed by atoms with Crippen LogP contribution in [0.4, 0.5) is 0 Å². The maximum absolute atomic E-state index is 11.9. The quantitative estimate of drug-likeness (QED) is 0.811. The van der Waals surface area contributed by atoms with E-state index in [1.807, 2.05) is 13.0 Å². The summed E-state index contributed by atoms with van der Waals surface area (Å²) in [5, 5.41) is 15.7. The van der Waals surface area contributed by atoms with Crippen LogP contribution in [-0.2, 0) is 16.1 Å². The molecule has 1 amide bonds. The van der Waals surface area contributed by atoms with Crippen LogP contribution in [0.5, 0.6) is 0 Å². The van der Waals surface area contributed by atoms with Crippen molar-refractivity contribution in [3.63, 3.8) is 0 Å². The maximum atomic E-state index is 11.9. The number of aromatic nitrogens is 1. The Bertz CT molecular complexity index is 478. The van der Waals surface area contributed by atoms with Gasteiger partial charge in [-0.2, -0.15) is 0 Å². The molecule has 2 heterocycles. The standard InChI is InChI=1S/C13H19N3O4/c1-9-6-11(15-20-9)7-14-8-12(17)16-4-2-10(3-5-16)13(18)19/h6,10,14H,2-5,7-8H2,1H3,(H,18,19). The average Bonchev–Trinajstić information content (AvgIpc) is 2.84. The van der Waals surface area contributed by atoms with Crippen molar-refractivity contribution < 1.29 is 19.2 Å². The van der Waals surface area contributed by atoms with Crippen molar-refractivity contribution >= 4 is 11.9 Å². The molecule has 0 aliphatic carbocycles. The molecule has 1 fully saturated rings. The van der Waals surface area contributed by atoms with Crippen LogP contribution in [0.25, 0.3) is 0 Å². The highest BCUT2D eigenvalue weighted by Crippen LogP contribution is 2.17. The molecular weight excluding hydrogens is 262 g/mol. The van der Waals surface area contributed by atoms with Gasteiger partial charge in [-0.25, -0.2) is 0 Å². The zero-order valence-electron chi connectivity index (χ0n) is 11.5. The van der Waals surface area contributed by atoms with Crippen LogP contribution in [0.3, 0.4) is 0 Å². The number of piperidine rings is 1. The third-order valence-corrected chi connectivity index (χ3v) is 3.46. The lowest BCUT2D eigenvalue weighted by Crippen LogP contribution is -2.44. The smallest absolute Gasteiger partial charge is 0.306 e. The summed E-state index contributed by atoms with van der Waals surface area (Å²) in [5.74, 6) is -0.348. The number of nitrogens with zero attached hydrogens (tertiary/aromatic N) is 2. The van der Waals surface area contributed by atoms with E-state index in [0.29, 0.717) is 32.5 Å². The van der Waals surface area contributed by atoms with Gasteiger partial charge in [0.2, 0.25) is 5.91 Å². The predicted molar refractivity (Wildman–Crippen MR) is 69.9 cm³/mol. The number of carbonyl (C=O) groups excluding carboxylic acids is 1. The van der Waals surface area contributed by atoms with Crippen LogP contribution in [0.1, 0.15) is 24.3 Å². The van der Waals surface area contributed by atoms with Gasteiger partial charge < -0.3 is 19.8 Å². The van der Waals surface area contributed by atoms with Crippen LogP contribution in [-0.4, -0.2) is 46.7 Å². The Kier molecular flexibility index (Phi) is 4.73. The Balaban J connectivity index is 1.69. The van der Waals surface area contributed by atoms with Crippen molar-refractivity contribution in [3.05, 3.63) is 17.5 Å². The Morgan fingerprint density at radius 1 is 1.50 bits per heavy atom. The summed E-state index contributed by atoms with van der Waals surface area (Å²) in [6.07, 6.45) is 1.06. The Morgan fingerprint density at radius 3 is 2.75 bits per heavy atom. The van der Waals surface area contributed by atoms with Gasteiger partial charge in [0.15, 0.2) is 0 Å². The van der Waals surface area contributed by atoms with Gasteiger partial charge in [-0.1, -0.05) is 5.16 Å². The fourth-order valence-electron chi connectivity index (χ4n) is 2.29. The van der Waals surface area contributed by atoms with E-state index in [0.717, 1.165) is 11.5 Å². The summed E-state index contributed by atoms with van der Waals surface area (Å²) in [6.45, 7) is 3.55. The van der Waals surface area contributed by atoms with Gasteiger partial charge in [0.25, 0.3) is 0 Å². The highest BCUT2D eigenvalue weighted by atomic mass is 16.5. The molecule has 20 heavy (non-hydrogen) atoms. The normalized spacial score (nSPS) is 16.4. The number of carboxylic acids is 1. The van der Waals surface area contributed by atoms with Gasteiger partial charge in [-0.05, 0) is 19.8 Å². The first-order valence-corrected chi connectivity index (χ1v) is 6.69. The van der Waals surface area contributed by atoms with Crippen molar-refractivity contribution in [1.29, 1.82) is 0 Å². The van der Waals surface area contributed by atoms with Gasteiger partial charge >= 0.3 is 5.97 Å². The monoisotopic (exact) mass is 281 g/mol. The summed E-state index contributed by atoms with van der Waals surface area (Å²) in [4.78, 5) is 24.5. The second-order valence-corrected chi connectivity index (χ2v) is 5.03. The lowest BCUT2D eigenvalue weighted by Gasteiger charge is -2.30. The molecule has 0 unspecified atom stereocenters. The number of aliphatic carboxylic acids is 1. The molecule has 7 heteroatoms. The molecule has 1 aliphatic heterocycles. The zero-order chi connectivity index (χ0) is 14.5. The summed E-state index contributed by atoms with van der Waals surface area (Å²) >= 11 is 0. The van der Waals surface area contributed by atoms with E-state index in [-0.39, 0.29) is 18.4 Å². The number of carbonyl (C=O) groups is 2. The van der Waals surface area contributed by atoms with Gasteiger partial charge in [0, 0.05) is 25.7 Å². The first-order valence-electron chi connectivity index (χ1n) is 6.69. The van der Waals surface area contributed by atoms with Crippen molar-refractivity contribution in [2.75, 3.05) is 19.6 Å². The van der Waals surface area contributed by atoms with Crippen LogP contribution in [0.2, 0.25) is 0 Å².